The van der Waals surface area contributed by atoms with Gasteiger partial charge in [0.25, 0.3) is 0 Å². The number of ether oxygens (including phenoxy) is 2. The summed E-state index contributed by atoms with van der Waals surface area (Å²) in [6.45, 7) is 12.5. The van der Waals surface area contributed by atoms with Gasteiger partial charge in [-0.1, -0.05) is 0 Å². The molecular weight excluding hydrogens is 451 g/mol. The van der Waals surface area contributed by atoms with Gasteiger partial charge in [0.1, 0.15) is 5.60 Å². The number of amides is 1. The van der Waals surface area contributed by atoms with E-state index in [4.69, 9.17) is 9.47 Å². The Balaban J connectivity index is 0. The molecule has 0 unspecified atom stereocenters. The molecule has 0 saturated carbocycles. The van der Waals surface area contributed by atoms with Crippen molar-refractivity contribution in [2.75, 3.05) is 26.7 Å². The Morgan fingerprint density at radius 3 is 2.19 bits per heavy atom. The van der Waals surface area contributed by atoms with Gasteiger partial charge in [0.2, 0.25) is 0 Å². The van der Waals surface area contributed by atoms with Crippen LogP contribution in [0.3, 0.4) is 0 Å². The van der Waals surface area contributed by atoms with Crippen LogP contribution in [0.4, 0.5) is 4.79 Å². The van der Waals surface area contributed by atoms with Crippen LogP contribution in [0.15, 0.2) is 4.99 Å². The van der Waals surface area contributed by atoms with Crippen molar-refractivity contribution in [1.29, 1.82) is 0 Å². The van der Waals surface area contributed by atoms with Gasteiger partial charge in [-0.05, 0) is 48.0 Å². The molecule has 9 heteroatoms. The fourth-order valence-electron chi connectivity index (χ4n) is 1.82. The highest BCUT2D eigenvalue weighted by atomic mass is 127. The normalized spacial score (nSPS) is 11.9. The zero-order valence-electron chi connectivity index (χ0n) is 17.0. The quantitative estimate of drug-likeness (QED) is 0.160. The molecule has 0 heterocycles. The van der Waals surface area contributed by atoms with Gasteiger partial charge in [-0.3, -0.25) is 9.79 Å². The van der Waals surface area contributed by atoms with E-state index in [-0.39, 0.29) is 29.9 Å². The molecule has 0 aromatic heterocycles. The molecule has 0 aliphatic heterocycles. The average Bonchev–Trinajstić information content (AvgIpc) is 2.44. The third-order valence-electron chi connectivity index (χ3n) is 2.92. The molecule has 0 saturated heterocycles. The van der Waals surface area contributed by atoms with Crippen LogP contribution in [0.2, 0.25) is 0 Å². The van der Waals surface area contributed by atoms with Crippen LogP contribution >= 0.6 is 24.0 Å². The van der Waals surface area contributed by atoms with Crippen LogP contribution < -0.4 is 16.0 Å². The summed E-state index contributed by atoms with van der Waals surface area (Å²) in [4.78, 5) is 27.3. The zero-order chi connectivity index (χ0) is 19.5. The highest BCUT2D eigenvalue weighted by molar-refractivity contribution is 14.0. The highest BCUT2D eigenvalue weighted by Crippen LogP contribution is 2.09. The molecule has 1 amide bonds. The monoisotopic (exact) mass is 486 g/mol. The van der Waals surface area contributed by atoms with Gasteiger partial charge in [0, 0.05) is 26.6 Å². The molecule has 0 aliphatic carbocycles. The molecular formula is C17H35IN4O4. The van der Waals surface area contributed by atoms with E-state index in [2.05, 4.69) is 20.9 Å². The molecule has 0 spiro atoms. The second-order valence-electron chi connectivity index (χ2n) is 7.27. The van der Waals surface area contributed by atoms with E-state index >= 15 is 0 Å². The van der Waals surface area contributed by atoms with Gasteiger partial charge >= 0.3 is 12.1 Å². The van der Waals surface area contributed by atoms with Crippen LogP contribution in [0.25, 0.3) is 0 Å². The summed E-state index contributed by atoms with van der Waals surface area (Å²) in [5, 5.41) is 9.08. The van der Waals surface area contributed by atoms with Gasteiger partial charge in [0.15, 0.2) is 5.96 Å². The Hall–Kier alpha value is -1.26. The lowest BCUT2D eigenvalue weighted by Crippen LogP contribution is -2.54. The number of alkyl carbamates (subject to hydrolysis) is 1. The highest BCUT2D eigenvalue weighted by Gasteiger charge is 2.24. The summed E-state index contributed by atoms with van der Waals surface area (Å²) < 4.78 is 10.1. The van der Waals surface area contributed by atoms with E-state index in [0.29, 0.717) is 38.5 Å². The predicted octanol–water partition coefficient (Wildman–Crippen LogP) is 2.42. The third kappa shape index (κ3) is 15.0. The van der Waals surface area contributed by atoms with E-state index in [1.165, 1.54) is 0 Å². The van der Waals surface area contributed by atoms with Crippen molar-refractivity contribution in [3.63, 3.8) is 0 Å². The molecule has 8 nitrogen and oxygen atoms in total. The number of carbonyl (C=O) groups is 2. The number of nitrogens with zero attached hydrogens (tertiary/aromatic N) is 1. The van der Waals surface area contributed by atoms with Gasteiger partial charge in [-0.15, -0.1) is 24.0 Å². The van der Waals surface area contributed by atoms with Crippen LogP contribution in [0.5, 0.6) is 0 Å². The lowest BCUT2D eigenvalue weighted by Gasteiger charge is -2.29. The Bertz CT molecular complexity index is 462. The summed E-state index contributed by atoms with van der Waals surface area (Å²) in [6.07, 6.45) is 0.555. The lowest BCUT2D eigenvalue weighted by atomic mass is 10.1. The summed E-state index contributed by atoms with van der Waals surface area (Å²) in [5.41, 5.74) is -1.06. The van der Waals surface area contributed by atoms with E-state index in [0.717, 1.165) is 0 Å². The number of halogens is 1. The number of rotatable bonds is 8. The summed E-state index contributed by atoms with van der Waals surface area (Å²) in [6, 6.07) is 0. The van der Waals surface area contributed by atoms with Gasteiger partial charge < -0.3 is 25.4 Å². The first kappa shape index (κ1) is 27.0. The van der Waals surface area contributed by atoms with Gasteiger partial charge in [-0.2, -0.15) is 0 Å². The molecule has 3 N–H and O–H groups in total. The Morgan fingerprint density at radius 2 is 1.69 bits per heavy atom. The second kappa shape index (κ2) is 13.0. The number of esters is 1. The number of guanidine groups is 1. The largest absolute Gasteiger partial charge is 0.466 e. The van der Waals surface area contributed by atoms with Crippen molar-refractivity contribution in [2.45, 2.75) is 65.5 Å². The first-order chi connectivity index (χ1) is 11.5. The fraction of sp³-hybridized carbons (Fsp3) is 0.824. The minimum Gasteiger partial charge on any atom is -0.466 e. The molecule has 0 bridgehead atoms. The summed E-state index contributed by atoms with van der Waals surface area (Å²) in [7, 11) is 1.66. The molecule has 0 aliphatic rings. The average molecular weight is 486 g/mol. The zero-order valence-corrected chi connectivity index (χ0v) is 19.4. The van der Waals surface area contributed by atoms with Crippen molar-refractivity contribution in [3.8, 4) is 0 Å². The number of carbonyl (C=O) groups excluding carboxylic acids is 2. The van der Waals surface area contributed by atoms with Crippen molar-refractivity contribution >= 4 is 42.0 Å². The minimum atomic E-state index is -0.538. The smallest absolute Gasteiger partial charge is 0.408 e. The second-order valence-corrected chi connectivity index (χ2v) is 7.27. The molecule has 26 heavy (non-hydrogen) atoms. The molecule has 0 aromatic carbocycles. The van der Waals surface area contributed by atoms with Crippen molar-refractivity contribution in [3.05, 3.63) is 0 Å². The van der Waals surface area contributed by atoms with E-state index < -0.39 is 17.2 Å². The maximum Gasteiger partial charge on any atom is 0.408 e. The van der Waals surface area contributed by atoms with E-state index in [1.807, 2.05) is 34.6 Å². The Morgan fingerprint density at radius 1 is 1.08 bits per heavy atom. The fourth-order valence-corrected chi connectivity index (χ4v) is 1.82. The van der Waals surface area contributed by atoms with Crippen molar-refractivity contribution in [1.82, 2.24) is 16.0 Å². The number of aliphatic imine (C=N–C) groups is 1. The van der Waals surface area contributed by atoms with Crippen LogP contribution in [0.1, 0.15) is 54.4 Å². The number of hydrogen-bond acceptors (Lipinski definition) is 5. The van der Waals surface area contributed by atoms with E-state index in [1.54, 1.807) is 14.0 Å². The standard InChI is InChI=1S/C17H34N4O4.HI/c1-8-24-13(22)10-9-11-19-14(18-7)20-12-17(5,6)21-15(23)25-16(2,3)4;/h8-12H2,1-7H3,(H,21,23)(H2,18,19,20);1H. The SMILES string of the molecule is CCOC(=O)CCCNC(=NC)NCC(C)(C)NC(=O)OC(C)(C)C.I. The molecule has 0 fully saturated rings. The number of hydrogen-bond donors (Lipinski definition) is 3. The Kier molecular flexibility index (Phi) is 13.5. The number of nitrogens with one attached hydrogen (secondary N) is 3. The van der Waals surface area contributed by atoms with Crippen LogP contribution in [0, 0.1) is 0 Å². The molecule has 0 aromatic rings. The van der Waals surface area contributed by atoms with Gasteiger partial charge in [-0.25, -0.2) is 4.79 Å². The van der Waals surface area contributed by atoms with Gasteiger partial charge in [0.05, 0.1) is 12.1 Å². The maximum absolute atomic E-state index is 11.9. The van der Waals surface area contributed by atoms with E-state index in [9.17, 15) is 9.59 Å². The predicted molar refractivity (Wildman–Crippen MR) is 114 cm³/mol. The third-order valence-corrected chi connectivity index (χ3v) is 2.92. The summed E-state index contributed by atoms with van der Waals surface area (Å²) in [5.74, 6) is 0.401. The van der Waals surface area contributed by atoms with Crippen molar-refractivity contribution < 1.29 is 19.1 Å². The first-order valence-electron chi connectivity index (χ1n) is 8.60. The minimum absolute atomic E-state index is 0. The maximum atomic E-state index is 11.9. The molecule has 154 valence electrons. The molecule has 0 radical (unpaired) electrons. The van der Waals surface area contributed by atoms with Crippen molar-refractivity contribution in [2.24, 2.45) is 4.99 Å². The first-order valence-corrected chi connectivity index (χ1v) is 8.60. The topological polar surface area (TPSA) is 101 Å². The molecule has 0 rings (SSSR count). The van der Waals surface area contributed by atoms with Crippen LogP contribution in [-0.4, -0.2) is 55.9 Å². The summed E-state index contributed by atoms with van der Waals surface area (Å²) >= 11 is 0. The molecule has 0 atom stereocenters. The lowest BCUT2D eigenvalue weighted by molar-refractivity contribution is -0.143. The van der Waals surface area contributed by atoms with Crippen LogP contribution in [-0.2, 0) is 14.3 Å². The Labute approximate surface area is 174 Å².